The second-order valence-corrected chi connectivity index (χ2v) is 11.3. The minimum atomic E-state index is -0.138. The fourth-order valence-electron chi connectivity index (χ4n) is 3.94. The molecule has 1 N–H and O–H groups in total. The molecule has 0 unspecified atom stereocenters. The summed E-state index contributed by atoms with van der Waals surface area (Å²) < 4.78 is 2.01. The summed E-state index contributed by atoms with van der Waals surface area (Å²) in [6.45, 7) is 8.63. The van der Waals surface area contributed by atoms with Crippen LogP contribution < -0.4 is 5.32 Å². The van der Waals surface area contributed by atoms with Gasteiger partial charge in [-0.25, -0.2) is 4.98 Å². The van der Waals surface area contributed by atoms with Crippen LogP contribution in [0.5, 0.6) is 0 Å². The molecule has 3 aromatic heterocycles. The Bertz CT molecular complexity index is 1530. The number of carbonyl (C=O) groups excluding carboxylic acids is 1. The zero-order valence-electron chi connectivity index (χ0n) is 20.5. The minimum absolute atomic E-state index is 0.138. The van der Waals surface area contributed by atoms with Crippen molar-refractivity contribution in [3.8, 4) is 33.8 Å². The van der Waals surface area contributed by atoms with E-state index in [0.717, 1.165) is 33.8 Å². The monoisotopic (exact) mass is 543 g/mol. The highest BCUT2D eigenvalue weighted by Gasteiger charge is 2.21. The summed E-state index contributed by atoms with van der Waals surface area (Å²) in [7, 11) is 0. The van der Waals surface area contributed by atoms with Gasteiger partial charge in [0.15, 0.2) is 16.1 Å². The van der Waals surface area contributed by atoms with Crippen LogP contribution in [0.3, 0.4) is 0 Å². The lowest BCUT2D eigenvalue weighted by molar-refractivity contribution is -0.113. The third-order valence-corrected chi connectivity index (χ3v) is 8.37. The number of nitrogens with zero attached hydrogens (tertiary/aromatic N) is 4. The van der Waals surface area contributed by atoms with Crippen molar-refractivity contribution in [2.45, 2.75) is 25.5 Å². The van der Waals surface area contributed by atoms with E-state index in [9.17, 15) is 4.79 Å². The van der Waals surface area contributed by atoms with Gasteiger partial charge in [-0.2, -0.15) is 0 Å². The molecule has 0 radical (unpaired) electrons. The van der Waals surface area contributed by atoms with Gasteiger partial charge < -0.3 is 5.32 Å². The fraction of sp³-hybridized carbons (Fsp3) is 0.143. The van der Waals surface area contributed by atoms with E-state index in [4.69, 9.17) is 0 Å². The summed E-state index contributed by atoms with van der Waals surface area (Å²) in [6.07, 6.45) is 1.82. The summed E-state index contributed by atoms with van der Waals surface area (Å²) in [5, 5.41) is 17.2. The number of aromatic nitrogens is 4. The third-order valence-electron chi connectivity index (χ3n) is 5.74. The molecule has 3 heterocycles. The first kappa shape index (κ1) is 25.1. The Hall–Kier alpha value is -3.53. The summed E-state index contributed by atoms with van der Waals surface area (Å²) in [5.74, 6) is 0.831. The van der Waals surface area contributed by atoms with Gasteiger partial charge in [0.25, 0.3) is 0 Å². The molecule has 0 bridgehead atoms. The van der Waals surface area contributed by atoms with Gasteiger partial charge in [0.05, 0.1) is 11.4 Å². The van der Waals surface area contributed by atoms with Crippen molar-refractivity contribution in [2.24, 2.45) is 0 Å². The van der Waals surface area contributed by atoms with Crippen molar-refractivity contribution in [3.63, 3.8) is 0 Å². The van der Waals surface area contributed by atoms with E-state index in [2.05, 4.69) is 70.6 Å². The predicted molar refractivity (Wildman–Crippen MR) is 155 cm³/mol. The summed E-state index contributed by atoms with van der Waals surface area (Å²) in [4.78, 5) is 18.5. The topological polar surface area (TPSA) is 72.7 Å². The van der Waals surface area contributed by atoms with Gasteiger partial charge in [-0.3, -0.25) is 9.36 Å². The van der Waals surface area contributed by atoms with Gasteiger partial charge in [-0.05, 0) is 19.4 Å². The van der Waals surface area contributed by atoms with Crippen molar-refractivity contribution in [1.82, 2.24) is 19.7 Å². The maximum atomic E-state index is 12.7. The van der Waals surface area contributed by atoms with Gasteiger partial charge >= 0.3 is 0 Å². The lowest BCUT2D eigenvalue weighted by Gasteiger charge is -2.09. The highest BCUT2D eigenvalue weighted by molar-refractivity contribution is 7.99. The van der Waals surface area contributed by atoms with Crippen LogP contribution in [0.25, 0.3) is 33.8 Å². The molecule has 0 atom stereocenters. The average Bonchev–Trinajstić information content (AvgIpc) is 3.63. The molecule has 0 saturated heterocycles. The van der Waals surface area contributed by atoms with Crippen LogP contribution in [0, 0.1) is 13.8 Å². The molecule has 0 aliphatic heterocycles. The Morgan fingerprint density at radius 3 is 2.57 bits per heavy atom. The van der Waals surface area contributed by atoms with E-state index < -0.39 is 0 Å². The number of thiazole rings is 1. The Labute approximate surface area is 228 Å². The standard InChI is InChI=1S/C28H25N5OS3/c1-4-14-33-26(22-15-35-19(3)25(22)21-8-6-5-7-9-21)31-32-28(33)37-17-24(34)30-27-29-23(16-36-27)20-12-10-18(2)11-13-20/h4-13,15-16H,1,14,17H2,2-3H3,(H,29,30,34). The zero-order valence-corrected chi connectivity index (χ0v) is 22.9. The summed E-state index contributed by atoms with van der Waals surface area (Å²) in [5.41, 5.74) is 6.41. The Balaban J connectivity index is 1.31. The molecule has 9 heteroatoms. The molecule has 5 rings (SSSR count). The number of aryl methyl sites for hydroxylation is 2. The number of rotatable bonds is 9. The van der Waals surface area contributed by atoms with E-state index in [-0.39, 0.29) is 11.7 Å². The van der Waals surface area contributed by atoms with Crippen LogP contribution in [0.1, 0.15) is 10.4 Å². The lowest BCUT2D eigenvalue weighted by Crippen LogP contribution is -2.14. The van der Waals surface area contributed by atoms with Gasteiger partial charge in [-0.1, -0.05) is 78.0 Å². The summed E-state index contributed by atoms with van der Waals surface area (Å²) >= 11 is 4.46. The molecule has 0 aliphatic carbocycles. The number of hydrogen-bond acceptors (Lipinski definition) is 7. The first-order valence-electron chi connectivity index (χ1n) is 11.7. The second-order valence-electron chi connectivity index (χ2n) is 8.39. The van der Waals surface area contributed by atoms with E-state index in [1.165, 1.54) is 33.5 Å². The molecule has 186 valence electrons. The number of anilines is 1. The third kappa shape index (κ3) is 5.58. The summed E-state index contributed by atoms with van der Waals surface area (Å²) in [6, 6.07) is 18.5. The predicted octanol–water partition coefficient (Wildman–Crippen LogP) is 7.33. The highest BCUT2D eigenvalue weighted by atomic mass is 32.2. The highest BCUT2D eigenvalue weighted by Crippen LogP contribution is 2.39. The van der Waals surface area contributed by atoms with Gasteiger partial charge in [-0.15, -0.1) is 39.4 Å². The maximum Gasteiger partial charge on any atom is 0.236 e. The quantitative estimate of drug-likeness (QED) is 0.156. The number of hydrogen-bond donors (Lipinski definition) is 1. The number of allylic oxidation sites excluding steroid dienone is 1. The SMILES string of the molecule is C=CCn1c(SCC(=O)Nc2nc(-c3ccc(C)cc3)cs2)nnc1-c1csc(C)c1-c1ccccc1. The molecule has 5 aromatic rings. The van der Waals surface area contributed by atoms with Crippen LogP contribution in [0.15, 0.2) is 83.2 Å². The largest absolute Gasteiger partial charge is 0.301 e. The molecular weight excluding hydrogens is 519 g/mol. The molecule has 0 spiro atoms. The number of amides is 1. The normalized spacial score (nSPS) is 11.0. The van der Waals surface area contributed by atoms with Crippen LogP contribution >= 0.6 is 34.4 Å². The average molecular weight is 544 g/mol. The molecule has 0 aliphatic rings. The maximum absolute atomic E-state index is 12.7. The van der Waals surface area contributed by atoms with Crippen molar-refractivity contribution in [2.75, 3.05) is 11.1 Å². The molecule has 1 amide bonds. The number of thiophene rings is 1. The van der Waals surface area contributed by atoms with Crippen LogP contribution in [0.2, 0.25) is 0 Å². The molecule has 0 saturated carbocycles. The number of carbonyl (C=O) groups is 1. The fourth-order valence-corrected chi connectivity index (χ4v) is 6.29. The second kappa shape index (κ2) is 11.2. The van der Waals surface area contributed by atoms with Crippen molar-refractivity contribution >= 4 is 45.5 Å². The van der Waals surface area contributed by atoms with Gasteiger partial charge in [0.1, 0.15) is 0 Å². The molecule has 2 aromatic carbocycles. The van der Waals surface area contributed by atoms with E-state index in [1.54, 1.807) is 11.3 Å². The Kier molecular flexibility index (Phi) is 7.64. The molecule has 0 fully saturated rings. The Morgan fingerprint density at radius 2 is 1.81 bits per heavy atom. The van der Waals surface area contributed by atoms with Gasteiger partial charge in [0.2, 0.25) is 5.91 Å². The van der Waals surface area contributed by atoms with Crippen molar-refractivity contribution in [3.05, 3.63) is 88.5 Å². The number of thioether (sulfide) groups is 1. The van der Waals surface area contributed by atoms with Crippen LogP contribution in [0.4, 0.5) is 5.13 Å². The van der Waals surface area contributed by atoms with E-state index in [1.807, 2.05) is 46.4 Å². The lowest BCUT2D eigenvalue weighted by atomic mass is 10.0. The van der Waals surface area contributed by atoms with E-state index in [0.29, 0.717) is 16.8 Å². The first-order valence-corrected chi connectivity index (χ1v) is 14.4. The minimum Gasteiger partial charge on any atom is -0.301 e. The van der Waals surface area contributed by atoms with Crippen molar-refractivity contribution < 1.29 is 4.79 Å². The number of benzene rings is 2. The van der Waals surface area contributed by atoms with Crippen molar-refractivity contribution in [1.29, 1.82) is 0 Å². The number of nitrogens with one attached hydrogen (secondary N) is 1. The first-order chi connectivity index (χ1) is 18.0. The molecular formula is C28H25N5OS3. The molecule has 37 heavy (non-hydrogen) atoms. The van der Waals surface area contributed by atoms with Crippen LogP contribution in [-0.4, -0.2) is 31.4 Å². The Morgan fingerprint density at radius 1 is 1.03 bits per heavy atom. The van der Waals surface area contributed by atoms with Crippen LogP contribution in [-0.2, 0) is 11.3 Å². The smallest absolute Gasteiger partial charge is 0.236 e. The van der Waals surface area contributed by atoms with Gasteiger partial charge in [0, 0.05) is 38.9 Å². The van der Waals surface area contributed by atoms with E-state index >= 15 is 0 Å². The zero-order chi connectivity index (χ0) is 25.8. The molecule has 6 nitrogen and oxygen atoms in total.